The number of nitrogens with zero attached hydrogens (tertiary/aromatic N) is 4. The number of carbonyl (C=O) groups is 2. The van der Waals surface area contributed by atoms with Crippen LogP contribution in [0.1, 0.15) is 40.5 Å². The molecular weight excluding hydrogens is 376 g/mol. The van der Waals surface area contributed by atoms with Gasteiger partial charge in [-0.2, -0.15) is 4.98 Å². The minimum atomic E-state index is -0.521. The highest BCUT2D eigenvalue weighted by Crippen LogP contribution is 2.15. The predicted octanol–water partition coefficient (Wildman–Crippen LogP) is 1.65. The summed E-state index contributed by atoms with van der Waals surface area (Å²) in [6.07, 6.45) is 2.80. The van der Waals surface area contributed by atoms with Crippen LogP contribution < -0.4 is 15.6 Å². The highest BCUT2D eigenvalue weighted by atomic mass is 16.6. The molecule has 10 heteroatoms. The number of anilines is 1. The Labute approximate surface area is 171 Å². The molecule has 1 fully saturated rings. The monoisotopic (exact) mass is 408 g/mol. The third kappa shape index (κ3) is 7.04. The van der Waals surface area contributed by atoms with Crippen molar-refractivity contribution in [3.8, 4) is 5.88 Å². The molecule has 10 nitrogen and oxygen atoms in total. The molecule has 1 aliphatic rings. The van der Waals surface area contributed by atoms with Gasteiger partial charge in [0, 0.05) is 38.4 Å². The van der Waals surface area contributed by atoms with E-state index in [1.54, 1.807) is 17.2 Å². The fraction of sp³-hybridized carbons (Fsp3) is 0.684. The second-order valence-corrected chi connectivity index (χ2v) is 7.84. The summed E-state index contributed by atoms with van der Waals surface area (Å²) in [6.45, 7) is 9.84. The summed E-state index contributed by atoms with van der Waals surface area (Å²) in [4.78, 5) is 36.9. The van der Waals surface area contributed by atoms with Crippen molar-refractivity contribution in [2.75, 3.05) is 38.7 Å². The number of ether oxygens (including phenoxy) is 2. The first kappa shape index (κ1) is 22.7. The van der Waals surface area contributed by atoms with Crippen LogP contribution in [-0.2, 0) is 9.53 Å². The molecule has 0 spiro atoms. The van der Waals surface area contributed by atoms with E-state index in [1.807, 2.05) is 27.7 Å². The number of hydrazine groups is 1. The van der Waals surface area contributed by atoms with Crippen molar-refractivity contribution < 1.29 is 19.1 Å². The van der Waals surface area contributed by atoms with E-state index in [2.05, 4.69) is 25.7 Å². The Hall–Kier alpha value is -2.62. The van der Waals surface area contributed by atoms with Gasteiger partial charge in [0.25, 0.3) is 5.91 Å². The number of hydrogen-bond donors (Lipinski definition) is 2. The molecule has 1 saturated heterocycles. The molecular formula is C19H32N6O4. The van der Waals surface area contributed by atoms with Crippen LogP contribution in [0.3, 0.4) is 0 Å². The maximum Gasteiger partial charge on any atom is 0.410 e. The van der Waals surface area contributed by atoms with E-state index in [0.717, 1.165) is 6.42 Å². The van der Waals surface area contributed by atoms with Crippen LogP contribution in [0.4, 0.5) is 10.7 Å². The highest BCUT2D eigenvalue weighted by Gasteiger charge is 2.31. The fourth-order valence-electron chi connectivity index (χ4n) is 3.01. The standard InChI is InChI=1S/C19H32N6O4/c1-6-7-14(16(26)22-23-17-20-9-8-15(21-17)28-5)24-10-12-25(13-11-24)18(27)29-19(2,3)4/h8-9,14H,6-7,10-13H2,1-5H3,(H,22,26)(H,20,21,23)/t14-/m1/s1. The van der Waals surface area contributed by atoms with Crippen LogP contribution in [0.5, 0.6) is 5.88 Å². The molecule has 0 bridgehead atoms. The lowest BCUT2D eigenvalue weighted by Gasteiger charge is -2.38. The van der Waals surface area contributed by atoms with Gasteiger partial charge in [-0.3, -0.25) is 20.5 Å². The van der Waals surface area contributed by atoms with E-state index in [-0.39, 0.29) is 24.0 Å². The van der Waals surface area contributed by atoms with Crippen LogP contribution in [0.25, 0.3) is 0 Å². The number of amides is 2. The van der Waals surface area contributed by atoms with E-state index in [1.165, 1.54) is 7.11 Å². The van der Waals surface area contributed by atoms with Crippen LogP contribution in [-0.4, -0.2) is 76.7 Å². The maximum atomic E-state index is 12.8. The Bertz CT molecular complexity index is 686. The van der Waals surface area contributed by atoms with E-state index in [4.69, 9.17) is 9.47 Å². The van der Waals surface area contributed by atoms with Gasteiger partial charge in [0.15, 0.2) is 0 Å². The van der Waals surface area contributed by atoms with Crippen molar-refractivity contribution in [3.63, 3.8) is 0 Å². The van der Waals surface area contributed by atoms with Crippen molar-refractivity contribution >= 4 is 17.9 Å². The molecule has 29 heavy (non-hydrogen) atoms. The molecule has 2 amide bonds. The number of carbonyl (C=O) groups excluding carboxylic acids is 2. The number of aromatic nitrogens is 2. The minimum Gasteiger partial charge on any atom is -0.481 e. The lowest BCUT2D eigenvalue weighted by atomic mass is 10.1. The Morgan fingerprint density at radius 1 is 1.24 bits per heavy atom. The van der Waals surface area contributed by atoms with Crippen molar-refractivity contribution in [2.24, 2.45) is 0 Å². The topological polar surface area (TPSA) is 109 Å². The number of hydrogen-bond acceptors (Lipinski definition) is 8. The summed E-state index contributed by atoms with van der Waals surface area (Å²) in [5.41, 5.74) is 4.90. The Kier molecular flexibility index (Phi) is 8.00. The van der Waals surface area contributed by atoms with Gasteiger partial charge in [-0.15, -0.1) is 0 Å². The highest BCUT2D eigenvalue weighted by molar-refractivity contribution is 5.82. The smallest absolute Gasteiger partial charge is 0.410 e. The fourth-order valence-corrected chi connectivity index (χ4v) is 3.01. The van der Waals surface area contributed by atoms with E-state index < -0.39 is 5.60 Å². The number of piperazine rings is 1. The van der Waals surface area contributed by atoms with Crippen LogP contribution in [0.15, 0.2) is 12.3 Å². The summed E-state index contributed by atoms with van der Waals surface area (Å²) >= 11 is 0. The molecule has 0 aromatic carbocycles. The predicted molar refractivity (Wildman–Crippen MR) is 108 cm³/mol. The van der Waals surface area contributed by atoms with Gasteiger partial charge in [0.05, 0.1) is 13.2 Å². The molecule has 2 N–H and O–H groups in total. The first-order chi connectivity index (χ1) is 13.7. The average Bonchev–Trinajstić information content (AvgIpc) is 2.69. The second-order valence-electron chi connectivity index (χ2n) is 7.84. The summed E-state index contributed by atoms with van der Waals surface area (Å²) < 4.78 is 10.5. The number of methoxy groups -OCH3 is 1. The molecule has 0 radical (unpaired) electrons. The molecule has 1 aromatic heterocycles. The molecule has 1 atom stereocenters. The second kappa shape index (κ2) is 10.2. The molecule has 0 unspecified atom stereocenters. The van der Waals surface area contributed by atoms with Crippen molar-refractivity contribution in [3.05, 3.63) is 12.3 Å². The summed E-state index contributed by atoms with van der Waals surface area (Å²) in [5.74, 6) is 0.492. The minimum absolute atomic E-state index is 0.163. The van der Waals surface area contributed by atoms with E-state index in [9.17, 15) is 9.59 Å². The first-order valence-corrected chi connectivity index (χ1v) is 9.88. The van der Waals surface area contributed by atoms with Gasteiger partial charge >= 0.3 is 6.09 Å². The zero-order valence-electron chi connectivity index (χ0n) is 17.9. The van der Waals surface area contributed by atoms with Crippen LogP contribution in [0, 0.1) is 0 Å². The zero-order chi connectivity index (χ0) is 21.4. The van der Waals surface area contributed by atoms with Gasteiger partial charge in [-0.1, -0.05) is 13.3 Å². The quantitative estimate of drug-likeness (QED) is 0.656. The molecule has 1 aliphatic heterocycles. The van der Waals surface area contributed by atoms with E-state index in [0.29, 0.717) is 38.5 Å². The SMILES string of the molecule is CCC[C@H](C(=O)NNc1nccc(OC)n1)N1CCN(C(=O)OC(C)(C)C)CC1. The number of rotatable bonds is 7. The van der Waals surface area contributed by atoms with Crippen molar-refractivity contribution in [2.45, 2.75) is 52.2 Å². The molecule has 0 saturated carbocycles. The zero-order valence-corrected chi connectivity index (χ0v) is 17.9. The largest absolute Gasteiger partial charge is 0.481 e. The summed E-state index contributed by atoms with van der Waals surface area (Å²) in [5, 5.41) is 0. The molecule has 1 aromatic rings. The van der Waals surface area contributed by atoms with Crippen LogP contribution in [0.2, 0.25) is 0 Å². The number of nitrogens with one attached hydrogen (secondary N) is 2. The van der Waals surface area contributed by atoms with Gasteiger partial charge < -0.3 is 14.4 Å². The molecule has 162 valence electrons. The normalized spacial score (nSPS) is 16.1. The Morgan fingerprint density at radius 3 is 2.52 bits per heavy atom. The third-order valence-electron chi connectivity index (χ3n) is 4.41. The maximum absolute atomic E-state index is 12.8. The molecule has 2 rings (SSSR count). The lowest BCUT2D eigenvalue weighted by molar-refractivity contribution is -0.126. The Balaban J connectivity index is 1.90. The van der Waals surface area contributed by atoms with Gasteiger partial charge in [-0.05, 0) is 27.2 Å². The molecule has 2 heterocycles. The van der Waals surface area contributed by atoms with Crippen molar-refractivity contribution in [1.29, 1.82) is 0 Å². The molecule has 0 aliphatic carbocycles. The summed E-state index contributed by atoms with van der Waals surface area (Å²) in [6, 6.07) is 1.32. The van der Waals surface area contributed by atoms with E-state index >= 15 is 0 Å². The van der Waals surface area contributed by atoms with Gasteiger partial charge in [0.1, 0.15) is 5.60 Å². The van der Waals surface area contributed by atoms with Gasteiger partial charge in [0.2, 0.25) is 11.8 Å². The first-order valence-electron chi connectivity index (χ1n) is 9.88. The lowest BCUT2D eigenvalue weighted by Crippen LogP contribution is -2.56. The third-order valence-corrected chi connectivity index (χ3v) is 4.41. The average molecular weight is 409 g/mol. The van der Waals surface area contributed by atoms with Gasteiger partial charge in [-0.25, -0.2) is 9.78 Å². The summed E-state index contributed by atoms with van der Waals surface area (Å²) in [7, 11) is 1.51. The van der Waals surface area contributed by atoms with Crippen LogP contribution >= 0.6 is 0 Å². The Morgan fingerprint density at radius 2 is 1.93 bits per heavy atom. The van der Waals surface area contributed by atoms with Crippen molar-refractivity contribution in [1.82, 2.24) is 25.2 Å².